The lowest BCUT2D eigenvalue weighted by Gasteiger charge is -2.31. The summed E-state index contributed by atoms with van der Waals surface area (Å²) in [5, 5.41) is 0. The molecule has 0 aromatic carbocycles. The van der Waals surface area contributed by atoms with Crippen LogP contribution < -0.4 is 0 Å². The monoisotopic (exact) mass is 282 g/mol. The largest absolute Gasteiger partial charge is 0.381 e. The van der Waals surface area contributed by atoms with Crippen molar-refractivity contribution in [2.75, 3.05) is 24.2 Å². The Hall–Kier alpha value is 0.650. The summed E-state index contributed by atoms with van der Waals surface area (Å²) in [5.74, 6) is 0. The van der Waals surface area contributed by atoms with Gasteiger partial charge in [-0.25, -0.2) is 0 Å². The molecule has 0 aliphatic carbocycles. The highest BCUT2D eigenvalue weighted by Crippen LogP contribution is 2.41. The van der Waals surface area contributed by atoms with Gasteiger partial charge in [0.05, 0.1) is 12.7 Å². The summed E-state index contributed by atoms with van der Waals surface area (Å²) >= 11 is 2.41. The maximum Gasteiger partial charge on any atom is 0.0670 e. The standard InChI is InChI=1S/C9H15IO2/c10-6-8-5-9(7-12-8)1-3-11-4-2-9/h8H,1-7H2. The molecule has 1 spiro atoms. The fraction of sp³-hybridized carbons (Fsp3) is 1.00. The molecule has 12 heavy (non-hydrogen) atoms. The fourth-order valence-electron chi connectivity index (χ4n) is 2.15. The van der Waals surface area contributed by atoms with Crippen LogP contribution in [0.4, 0.5) is 0 Å². The van der Waals surface area contributed by atoms with Gasteiger partial charge < -0.3 is 9.47 Å². The first-order chi connectivity index (χ1) is 5.85. The first-order valence-electron chi connectivity index (χ1n) is 4.60. The lowest BCUT2D eigenvalue weighted by atomic mass is 9.79. The van der Waals surface area contributed by atoms with Gasteiger partial charge in [-0.1, -0.05) is 22.6 Å². The first-order valence-corrected chi connectivity index (χ1v) is 6.13. The minimum absolute atomic E-state index is 0.494. The zero-order chi connectivity index (χ0) is 8.44. The topological polar surface area (TPSA) is 18.5 Å². The molecule has 0 radical (unpaired) electrons. The molecule has 70 valence electrons. The van der Waals surface area contributed by atoms with Gasteiger partial charge in [-0.2, -0.15) is 0 Å². The minimum Gasteiger partial charge on any atom is -0.381 e. The minimum atomic E-state index is 0.494. The van der Waals surface area contributed by atoms with Crippen molar-refractivity contribution in [1.82, 2.24) is 0 Å². The Kier molecular flexibility index (Phi) is 2.92. The Labute approximate surface area is 87.1 Å². The summed E-state index contributed by atoms with van der Waals surface area (Å²) in [6.07, 6.45) is 4.20. The van der Waals surface area contributed by atoms with E-state index < -0.39 is 0 Å². The van der Waals surface area contributed by atoms with E-state index in [-0.39, 0.29) is 0 Å². The van der Waals surface area contributed by atoms with Crippen LogP contribution in [0.15, 0.2) is 0 Å². The Bertz CT molecular complexity index is 155. The van der Waals surface area contributed by atoms with Crippen molar-refractivity contribution in [1.29, 1.82) is 0 Å². The molecular formula is C9H15IO2. The summed E-state index contributed by atoms with van der Waals surface area (Å²) in [4.78, 5) is 0. The highest BCUT2D eigenvalue weighted by atomic mass is 127. The molecule has 2 saturated heterocycles. The van der Waals surface area contributed by atoms with Gasteiger partial charge in [0.25, 0.3) is 0 Å². The molecule has 1 atom stereocenters. The smallest absolute Gasteiger partial charge is 0.0670 e. The second-order valence-electron chi connectivity index (χ2n) is 3.90. The van der Waals surface area contributed by atoms with E-state index in [4.69, 9.17) is 9.47 Å². The molecule has 2 heterocycles. The molecule has 0 amide bonds. The lowest BCUT2D eigenvalue weighted by Crippen LogP contribution is -2.30. The van der Waals surface area contributed by atoms with E-state index in [0.717, 1.165) is 24.2 Å². The number of hydrogen-bond acceptors (Lipinski definition) is 2. The van der Waals surface area contributed by atoms with Gasteiger partial charge in [0, 0.05) is 23.1 Å². The van der Waals surface area contributed by atoms with E-state index in [0.29, 0.717) is 11.5 Å². The van der Waals surface area contributed by atoms with E-state index in [2.05, 4.69) is 22.6 Å². The summed E-state index contributed by atoms with van der Waals surface area (Å²) in [5.41, 5.74) is 0.494. The second kappa shape index (κ2) is 3.80. The van der Waals surface area contributed by atoms with Gasteiger partial charge in [0.1, 0.15) is 0 Å². The molecule has 2 nitrogen and oxygen atoms in total. The molecule has 1 unspecified atom stereocenters. The van der Waals surface area contributed by atoms with E-state index in [1.54, 1.807) is 0 Å². The van der Waals surface area contributed by atoms with Crippen LogP contribution in [-0.2, 0) is 9.47 Å². The molecule has 0 aromatic heterocycles. The summed E-state index contributed by atoms with van der Waals surface area (Å²) in [7, 11) is 0. The molecule has 2 aliphatic rings. The highest BCUT2D eigenvalue weighted by Gasteiger charge is 2.40. The summed E-state index contributed by atoms with van der Waals surface area (Å²) in [6, 6.07) is 0. The summed E-state index contributed by atoms with van der Waals surface area (Å²) in [6.45, 7) is 2.86. The third kappa shape index (κ3) is 1.77. The third-order valence-corrected chi connectivity index (χ3v) is 3.99. The molecular weight excluding hydrogens is 267 g/mol. The Balaban J connectivity index is 1.94. The van der Waals surface area contributed by atoms with Crippen molar-refractivity contribution in [2.24, 2.45) is 5.41 Å². The van der Waals surface area contributed by atoms with Gasteiger partial charge in [0.15, 0.2) is 0 Å². The maximum atomic E-state index is 5.73. The predicted octanol–water partition coefficient (Wildman–Crippen LogP) is 2.01. The number of rotatable bonds is 1. The van der Waals surface area contributed by atoms with Crippen LogP contribution in [-0.4, -0.2) is 30.4 Å². The zero-order valence-electron chi connectivity index (χ0n) is 7.22. The van der Waals surface area contributed by atoms with E-state index in [9.17, 15) is 0 Å². The molecule has 2 rings (SSSR count). The lowest BCUT2D eigenvalue weighted by molar-refractivity contribution is 0.00761. The van der Waals surface area contributed by atoms with Crippen LogP contribution in [0.2, 0.25) is 0 Å². The molecule has 0 bridgehead atoms. The molecule has 2 aliphatic heterocycles. The van der Waals surface area contributed by atoms with Crippen molar-refractivity contribution >= 4 is 22.6 Å². The van der Waals surface area contributed by atoms with Crippen molar-refractivity contribution in [3.8, 4) is 0 Å². The van der Waals surface area contributed by atoms with Crippen LogP contribution in [0, 0.1) is 5.41 Å². The van der Waals surface area contributed by atoms with Crippen LogP contribution in [0.5, 0.6) is 0 Å². The number of ether oxygens (including phenoxy) is 2. The average Bonchev–Trinajstić information content (AvgIpc) is 2.50. The van der Waals surface area contributed by atoms with Gasteiger partial charge in [-0.05, 0) is 19.3 Å². The van der Waals surface area contributed by atoms with E-state index >= 15 is 0 Å². The van der Waals surface area contributed by atoms with Crippen LogP contribution in [0.1, 0.15) is 19.3 Å². The number of hydrogen-bond donors (Lipinski definition) is 0. The molecule has 0 saturated carbocycles. The van der Waals surface area contributed by atoms with Gasteiger partial charge in [-0.3, -0.25) is 0 Å². The van der Waals surface area contributed by atoms with Gasteiger partial charge in [-0.15, -0.1) is 0 Å². The predicted molar refractivity (Wildman–Crippen MR) is 55.7 cm³/mol. The molecule has 0 aromatic rings. The Morgan fingerprint density at radius 1 is 1.33 bits per heavy atom. The van der Waals surface area contributed by atoms with Gasteiger partial charge in [0.2, 0.25) is 0 Å². The second-order valence-corrected chi connectivity index (χ2v) is 4.78. The maximum absolute atomic E-state index is 5.73. The van der Waals surface area contributed by atoms with Gasteiger partial charge >= 0.3 is 0 Å². The summed E-state index contributed by atoms with van der Waals surface area (Å²) < 4.78 is 12.2. The first kappa shape index (κ1) is 9.21. The van der Waals surface area contributed by atoms with E-state index in [1.807, 2.05) is 0 Å². The van der Waals surface area contributed by atoms with Crippen molar-refractivity contribution in [3.63, 3.8) is 0 Å². The number of halogens is 1. The Morgan fingerprint density at radius 3 is 2.67 bits per heavy atom. The van der Waals surface area contributed by atoms with Crippen LogP contribution in [0.25, 0.3) is 0 Å². The Morgan fingerprint density at radius 2 is 2.08 bits per heavy atom. The average molecular weight is 282 g/mol. The van der Waals surface area contributed by atoms with Crippen molar-refractivity contribution < 1.29 is 9.47 Å². The molecule has 0 N–H and O–H groups in total. The van der Waals surface area contributed by atoms with E-state index in [1.165, 1.54) is 19.3 Å². The highest BCUT2D eigenvalue weighted by molar-refractivity contribution is 14.1. The molecule has 3 heteroatoms. The van der Waals surface area contributed by atoms with Crippen LogP contribution in [0.3, 0.4) is 0 Å². The van der Waals surface area contributed by atoms with Crippen molar-refractivity contribution in [3.05, 3.63) is 0 Å². The van der Waals surface area contributed by atoms with Crippen molar-refractivity contribution in [2.45, 2.75) is 25.4 Å². The number of alkyl halides is 1. The normalized spacial score (nSPS) is 34.2. The van der Waals surface area contributed by atoms with Crippen LogP contribution >= 0.6 is 22.6 Å². The third-order valence-electron chi connectivity index (χ3n) is 3.01. The SMILES string of the molecule is ICC1CC2(CCOCC2)CO1. The zero-order valence-corrected chi connectivity index (χ0v) is 9.38. The quantitative estimate of drug-likeness (QED) is 0.541. The molecule has 2 fully saturated rings. The fourth-order valence-corrected chi connectivity index (χ4v) is 2.71.